The van der Waals surface area contributed by atoms with Crippen LogP contribution < -0.4 is 0 Å². The third-order valence-electron chi connectivity index (χ3n) is 7.28. The van der Waals surface area contributed by atoms with Gasteiger partial charge in [0, 0.05) is 47.9 Å². The lowest BCUT2D eigenvalue weighted by atomic mass is 9.91. The summed E-state index contributed by atoms with van der Waals surface area (Å²) in [6.07, 6.45) is 8.05. The van der Waals surface area contributed by atoms with Crippen LogP contribution in [0.3, 0.4) is 0 Å². The molecule has 0 aromatic heterocycles. The summed E-state index contributed by atoms with van der Waals surface area (Å²) in [5.74, 6) is 1.47. The average Bonchev–Trinajstić information content (AvgIpc) is 3.65. The van der Waals surface area contributed by atoms with Gasteiger partial charge in [0.05, 0.1) is 18.3 Å². The Kier molecular flexibility index (Phi) is 14.0. The Bertz CT molecular complexity index is 589. The van der Waals surface area contributed by atoms with Gasteiger partial charge in [-0.3, -0.25) is 0 Å². The van der Waals surface area contributed by atoms with Crippen LogP contribution in [0.2, 0.25) is 0 Å². The molecule has 0 spiro atoms. The van der Waals surface area contributed by atoms with E-state index in [0.717, 1.165) is 25.5 Å². The Hall–Kier alpha value is -0.800. The molecule has 7 nitrogen and oxygen atoms in total. The molecular formula is C26H48O7. The third-order valence-corrected chi connectivity index (χ3v) is 7.28. The van der Waals surface area contributed by atoms with Gasteiger partial charge in [-0.2, -0.15) is 0 Å². The summed E-state index contributed by atoms with van der Waals surface area (Å²) in [5.41, 5.74) is 1.06. The van der Waals surface area contributed by atoms with Gasteiger partial charge in [0.25, 0.3) is 0 Å². The quantitative estimate of drug-likeness (QED) is 0.420. The van der Waals surface area contributed by atoms with E-state index in [-0.39, 0.29) is 36.4 Å². The van der Waals surface area contributed by atoms with Crippen molar-refractivity contribution in [3.8, 4) is 0 Å². The number of hydrogen-bond donors (Lipinski definition) is 2. The highest BCUT2D eigenvalue weighted by molar-refractivity contribution is 5.18. The van der Waals surface area contributed by atoms with Crippen molar-refractivity contribution in [3.05, 3.63) is 23.8 Å². The predicted molar refractivity (Wildman–Crippen MR) is 130 cm³/mol. The number of hydrogen-bond acceptors (Lipinski definition) is 7. The van der Waals surface area contributed by atoms with E-state index in [2.05, 4.69) is 26.8 Å². The van der Waals surface area contributed by atoms with Gasteiger partial charge < -0.3 is 33.9 Å². The molecule has 1 saturated heterocycles. The topological polar surface area (TPSA) is 86.6 Å². The average molecular weight is 473 g/mol. The summed E-state index contributed by atoms with van der Waals surface area (Å²) >= 11 is 0. The van der Waals surface area contributed by atoms with E-state index in [9.17, 15) is 5.11 Å². The fourth-order valence-electron chi connectivity index (χ4n) is 5.06. The highest BCUT2D eigenvalue weighted by atomic mass is 16.7. The minimum absolute atomic E-state index is 0.0870. The Morgan fingerprint density at radius 2 is 1.64 bits per heavy atom. The second kappa shape index (κ2) is 15.2. The first-order valence-corrected chi connectivity index (χ1v) is 12.1. The Labute approximate surface area is 201 Å². The van der Waals surface area contributed by atoms with E-state index in [1.165, 1.54) is 0 Å². The van der Waals surface area contributed by atoms with Crippen molar-refractivity contribution in [2.75, 3.05) is 35.5 Å². The van der Waals surface area contributed by atoms with Crippen LogP contribution in [0.4, 0.5) is 0 Å². The second-order valence-electron chi connectivity index (χ2n) is 9.20. The lowest BCUT2D eigenvalue weighted by Crippen LogP contribution is -2.49. The predicted octanol–water partition coefficient (Wildman–Crippen LogP) is 3.58. The molecule has 2 aliphatic rings. The molecule has 0 bridgehead atoms. The normalized spacial score (nSPS) is 33.7. The van der Waals surface area contributed by atoms with E-state index >= 15 is 0 Å². The maximum atomic E-state index is 10.8. The number of aliphatic hydroxyl groups is 2. The van der Waals surface area contributed by atoms with Gasteiger partial charge in [-0.15, -0.1) is 0 Å². The zero-order valence-electron chi connectivity index (χ0n) is 22.1. The van der Waals surface area contributed by atoms with E-state index in [4.69, 9.17) is 28.8 Å². The van der Waals surface area contributed by atoms with Gasteiger partial charge in [-0.25, -0.2) is 0 Å². The SMILES string of the molecule is CCC(OC)C(C)C1CC1C(O)C(C)/C=C/C=C(\C)C1OC(OC)C(OC)CC1OC.CO. The Morgan fingerprint density at radius 3 is 2.15 bits per heavy atom. The van der Waals surface area contributed by atoms with Crippen molar-refractivity contribution >= 4 is 0 Å². The number of ether oxygens (including phenoxy) is 5. The van der Waals surface area contributed by atoms with Crippen LogP contribution in [-0.4, -0.2) is 82.6 Å². The van der Waals surface area contributed by atoms with Crippen molar-refractivity contribution in [1.29, 1.82) is 0 Å². The zero-order chi connectivity index (χ0) is 25.1. The minimum atomic E-state index is -0.415. The summed E-state index contributed by atoms with van der Waals surface area (Å²) in [6, 6.07) is 0. The maximum Gasteiger partial charge on any atom is 0.184 e. The smallest absolute Gasteiger partial charge is 0.184 e. The van der Waals surface area contributed by atoms with Crippen LogP contribution in [0.5, 0.6) is 0 Å². The summed E-state index contributed by atoms with van der Waals surface area (Å²) in [7, 11) is 7.77. The monoisotopic (exact) mass is 472 g/mol. The number of allylic oxidation sites excluding steroid dienone is 2. The lowest BCUT2D eigenvalue weighted by molar-refractivity contribution is -0.256. The molecule has 7 heteroatoms. The van der Waals surface area contributed by atoms with Gasteiger partial charge in [0.15, 0.2) is 6.29 Å². The molecule has 0 aromatic rings. The molecule has 2 fully saturated rings. The van der Waals surface area contributed by atoms with E-state index in [1.807, 2.05) is 19.1 Å². The van der Waals surface area contributed by atoms with E-state index < -0.39 is 6.29 Å². The van der Waals surface area contributed by atoms with Crippen LogP contribution >= 0.6 is 0 Å². The van der Waals surface area contributed by atoms with Crippen LogP contribution in [0.15, 0.2) is 23.8 Å². The lowest BCUT2D eigenvalue weighted by Gasteiger charge is -2.39. The van der Waals surface area contributed by atoms with E-state index in [1.54, 1.807) is 28.4 Å². The van der Waals surface area contributed by atoms with Gasteiger partial charge in [0.2, 0.25) is 0 Å². The molecule has 1 saturated carbocycles. The largest absolute Gasteiger partial charge is 0.400 e. The molecule has 33 heavy (non-hydrogen) atoms. The second-order valence-corrected chi connectivity index (χ2v) is 9.20. The first kappa shape index (κ1) is 30.2. The molecule has 1 aliphatic heterocycles. The zero-order valence-corrected chi connectivity index (χ0v) is 22.1. The minimum Gasteiger partial charge on any atom is -0.400 e. The highest BCUT2D eigenvalue weighted by Gasteiger charge is 2.48. The van der Waals surface area contributed by atoms with Crippen molar-refractivity contribution in [3.63, 3.8) is 0 Å². The van der Waals surface area contributed by atoms with Crippen molar-refractivity contribution < 1.29 is 33.9 Å². The van der Waals surface area contributed by atoms with Crippen molar-refractivity contribution in [2.24, 2.45) is 23.7 Å². The Balaban J connectivity index is 0.00000265. The number of methoxy groups -OCH3 is 4. The van der Waals surface area contributed by atoms with Crippen molar-refractivity contribution in [2.45, 2.75) is 83.8 Å². The first-order valence-electron chi connectivity index (χ1n) is 12.1. The molecular weight excluding hydrogens is 424 g/mol. The molecule has 1 aliphatic carbocycles. The molecule has 10 unspecified atom stereocenters. The molecule has 0 radical (unpaired) electrons. The fraction of sp³-hybridized carbons (Fsp3) is 0.846. The summed E-state index contributed by atoms with van der Waals surface area (Å²) in [5, 5.41) is 17.8. The van der Waals surface area contributed by atoms with Gasteiger partial charge in [-0.1, -0.05) is 39.0 Å². The molecule has 10 atom stereocenters. The van der Waals surface area contributed by atoms with Crippen LogP contribution in [0.25, 0.3) is 0 Å². The molecule has 2 N–H and O–H groups in total. The molecule has 0 aromatic carbocycles. The first-order chi connectivity index (χ1) is 15.8. The number of aliphatic hydroxyl groups excluding tert-OH is 2. The summed E-state index contributed by atoms with van der Waals surface area (Å²) < 4.78 is 28.3. The van der Waals surface area contributed by atoms with Gasteiger partial charge >= 0.3 is 0 Å². The van der Waals surface area contributed by atoms with Crippen LogP contribution in [-0.2, 0) is 23.7 Å². The van der Waals surface area contributed by atoms with E-state index in [0.29, 0.717) is 24.2 Å². The summed E-state index contributed by atoms with van der Waals surface area (Å²) in [6.45, 7) is 8.53. The van der Waals surface area contributed by atoms with Crippen LogP contribution in [0.1, 0.15) is 47.0 Å². The molecule has 1 heterocycles. The maximum absolute atomic E-state index is 10.8. The fourth-order valence-corrected chi connectivity index (χ4v) is 5.06. The van der Waals surface area contributed by atoms with Crippen LogP contribution in [0, 0.1) is 23.7 Å². The van der Waals surface area contributed by atoms with Gasteiger partial charge in [-0.05, 0) is 43.1 Å². The Morgan fingerprint density at radius 1 is 1.00 bits per heavy atom. The highest BCUT2D eigenvalue weighted by Crippen LogP contribution is 2.49. The molecule has 194 valence electrons. The van der Waals surface area contributed by atoms with Gasteiger partial charge in [0.1, 0.15) is 12.2 Å². The number of rotatable bonds is 12. The molecule has 0 amide bonds. The standard InChI is InChI=1S/C25H44O6.CH4O/c1-9-20(27-5)17(4)18-13-19(18)23(26)15(2)11-10-12-16(3)24-21(28-6)14-22(29-7)25(30-8)31-24;1-2/h10-12,15,17-26H,9,13-14H2,1-8H3;2H,1H3/b11-10+,16-12+;. The third kappa shape index (κ3) is 8.13. The summed E-state index contributed by atoms with van der Waals surface area (Å²) in [4.78, 5) is 0. The van der Waals surface area contributed by atoms with Crippen molar-refractivity contribution in [1.82, 2.24) is 0 Å². The molecule has 2 rings (SSSR count).